The Morgan fingerprint density at radius 3 is 1.22 bits per heavy atom. The predicted octanol–water partition coefficient (Wildman–Crippen LogP) is 1.81. The maximum absolute atomic E-state index is 17.1. The topological polar surface area (TPSA) is 498 Å². The van der Waals surface area contributed by atoms with Gasteiger partial charge < -0.3 is 78.1 Å². The number of carbonyl (C=O) groups is 14. The second-order valence-electron chi connectivity index (χ2n) is 25.9. The number of carboxylic acids is 8. The highest BCUT2D eigenvalue weighted by Crippen LogP contribution is 2.73. The van der Waals surface area contributed by atoms with E-state index in [1.54, 1.807) is 41.5 Å². The van der Waals surface area contributed by atoms with Gasteiger partial charge in [0.05, 0.1) is 19.6 Å². The van der Waals surface area contributed by atoms with E-state index >= 15 is 3.89 Å². The fourth-order valence-electron chi connectivity index (χ4n) is 11.0. The third kappa shape index (κ3) is 32.8. The molecule has 0 aromatic heterocycles. The first-order valence-corrected chi connectivity index (χ1v) is 34.2. The molecule has 0 radical (unpaired) electrons. The maximum Gasteiger partial charge on any atom is 0.326 e. The molecular weight excluding hydrogens is 1310 g/mol. The summed E-state index contributed by atoms with van der Waals surface area (Å²) in [4.78, 5) is 180. The molecule has 15 N–H and O–H groups in total. The highest BCUT2D eigenvalue weighted by Gasteiger charge is 2.48. The Hall–Kier alpha value is -8.28. The van der Waals surface area contributed by atoms with Crippen LogP contribution in [0.3, 0.4) is 0 Å². The van der Waals surface area contributed by atoms with Crippen LogP contribution in [-0.4, -0.2) is 275 Å². The van der Waals surface area contributed by atoms with Gasteiger partial charge in [-0.15, -0.1) is 0 Å². The third-order valence-electron chi connectivity index (χ3n) is 16.1. The molecule has 33 nitrogen and oxygen atoms in total. The first kappa shape index (κ1) is 85.8. The molecule has 0 saturated carbocycles. The zero-order valence-electron chi connectivity index (χ0n) is 56.8. The van der Waals surface area contributed by atoms with Gasteiger partial charge in [-0.25, -0.2) is 19.2 Å². The van der Waals surface area contributed by atoms with Gasteiger partial charge in [-0.05, 0) is 130 Å². The number of carbonyl (C=O) groups excluding carboxylic acids is 6. The summed E-state index contributed by atoms with van der Waals surface area (Å²) in [6.07, 6.45) is 1.62. The SMILES string of the molecule is CC(C)(C)S(F)(c1ccc(C(=O)NC[C@@H](NC(=O)CCC(C(=O)O)N2CCN(CC(=O)O)CCN(CC(=O)O)CCN(CC(=O)O)CC2)C(=O)N[C@H](CCCCNC(=O)CCCCCCC(=O)NCCCC[C@H](NC(=O)N[C@@H](CCC(=O)O)C(=O)O)C(=O)O)C(=O)O)cc1)C(C)(C)C. The van der Waals surface area contributed by atoms with Gasteiger partial charge in [0.15, 0.2) is 0 Å². The molecule has 7 amide bonds. The lowest BCUT2D eigenvalue weighted by Gasteiger charge is -2.52. The fraction of sp³-hybridized carbons (Fsp3) is 0.683. The van der Waals surface area contributed by atoms with E-state index in [0.717, 1.165) is 0 Å². The van der Waals surface area contributed by atoms with Crippen molar-refractivity contribution in [3.63, 3.8) is 0 Å². The van der Waals surface area contributed by atoms with E-state index in [0.29, 0.717) is 37.0 Å². The molecule has 35 heteroatoms. The molecule has 1 unspecified atom stereocenters. The number of aliphatic carboxylic acids is 8. The van der Waals surface area contributed by atoms with E-state index in [-0.39, 0.29) is 128 Å². The number of nitrogens with one attached hydrogen (secondary N) is 7. The van der Waals surface area contributed by atoms with Gasteiger partial charge in [0, 0.05) is 118 Å². The van der Waals surface area contributed by atoms with E-state index in [1.165, 1.54) is 43.9 Å². The molecule has 1 aliphatic rings. The molecule has 1 aromatic rings. The van der Waals surface area contributed by atoms with Crippen LogP contribution in [0.15, 0.2) is 29.2 Å². The molecule has 1 aliphatic heterocycles. The Morgan fingerprint density at radius 1 is 0.429 bits per heavy atom. The van der Waals surface area contributed by atoms with Crippen LogP contribution >= 0.6 is 10.4 Å². The predicted molar refractivity (Wildman–Crippen MR) is 354 cm³/mol. The van der Waals surface area contributed by atoms with Gasteiger partial charge in [-0.2, -0.15) is 3.89 Å². The average molecular weight is 1420 g/mol. The largest absolute Gasteiger partial charge is 0.481 e. The lowest BCUT2D eigenvalue weighted by atomic mass is 10.1. The number of hydrogen-bond donors (Lipinski definition) is 15. The summed E-state index contributed by atoms with van der Waals surface area (Å²) in [5, 5.41) is 94.4. The molecule has 1 saturated heterocycles. The summed E-state index contributed by atoms with van der Waals surface area (Å²) in [5.74, 6) is -13.7. The van der Waals surface area contributed by atoms with Crippen LogP contribution in [-0.2, 0) is 57.5 Å². The van der Waals surface area contributed by atoms with Crippen LogP contribution in [0.4, 0.5) is 8.68 Å². The van der Waals surface area contributed by atoms with Crippen LogP contribution in [0, 0.1) is 0 Å². The monoisotopic (exact) mass is 1420 g/mol. The number of halogens is 1. The van der Waals surface area contributed by atoms with Crippen molar-refractivity contribution in [2.45, 2.75) is 189 Å². The van der Waals surface area contributed by atoms with E-state index in [4.69, 9.17) is 5.11 Å². The minimum absolute atomic E-state index is 0.0307. The highest BCUT2D eigenvalue weighted by atomic mass is 32.3. The molecule has 1 heterocycles. The van der Waals surface area contributed by atoms with E-state index in [2.05, 4.69) is 31.9 Å². The Balaban J connectivity index is 2.09. The van der Waals surface area contributed by atoms with Crippen LogP contribution in [0.1, 0.15) is 155 Å². The quantitative estimate of drug-likeness (QED) is 0.0415. The van der Waals surface area contributed by atoms with Crippen molar-refractivity contribution in [1.82, 2.24) is 56.8 Å². The third-order valence-corrected chi connectivity index (χ3v) is 20.4. The minimum atomic E-state index is -2.99. The lowest BCUT2D eigenvalue weighted by Crippen LogP contribution is -2.56. The number of carboxylic acid groups (broad SMARTS) is 8. The summed E-state index contributed by atoms with van der Waals surface area (Å²) in [6.45, 7) is 9.18. The smallest absolute Gasteiger partial charge is 0.326 e. The van der Waals surface area contributed by atoms with Gasteiger partial charge in [0.1, 0.15) is 30.2 Å². The van der Waals surface area contributed by atoms with Crippen molar-refractivity contribution in [3.05, 3.63) is 29.8 Å². The van der Waals surface area contributed by atoms with E-state index < -0.39 is 173 Å². The van der Waals surface area contributed by atoms with Gasteiger partial charge in [-0.3, -0.25) is 67.5 Å². The molecule has 98 heavy (non-hydrogen) atoms. The Morgan fingerprint density at radius 2 is 0.837 bits per heavy atom. The lowest BCUT2D eigenvalue weighted by molar-refractivity contribution is -0.145. The van der Waals surface area contributed by atoms with Crippen molar-refractivity contribution < 1.29 is 112 Å². The first-order chi connectivity index (χ1) is 45.8. The molecular formula is C63H102FN11O22S. The Kier molecular flexibility index (Phi) is 37.8. The summed E-state index contributed by atoms with van der Waals surface area (Å²) >= 11 is 0. The van der Waals surface area contributed by atoms with Crippen molar-refractivity contribution in [1.29, 1.82) is 0 Å². The summed E-state index contributed by atoms with van der Waals surface area (Å²) < 4.78 is 15.5. The van der Waals surface area contributed by atoms with Crippen molar-refractivity contribution in [2.24, 2.45) is 0 Å². The number of hydrogen-bond acceptors (Lipinski definition) is 18. The Labute approximate surface area is 570 Å². The first-order valence-electron chi connectivity index (χ1n) is 32.6. The second-order valence-corrected chi connectivity index (χ2v) is 29.9. The van der Waals surface area contributed by atoms with Crippen LogP contribution in [0.2, 0.25) is 0 Å². The normalized spacial score (nSPS) is 15.7. The zero-order valence-corrected chi connectivity index (χ0v) is 57.6. The van der Waals surface area contributed by atoms with Crippen LogP contribution < -0.4 is 37.2 Å². The number of unbranched alkanes of at least 4 members (excludes halogenated alkanes) is 5. The molecule has 0 bridgehead atoms. The number of rotatable bonds is 43. The number of nitrogens with zero attached hydrogens (tertiary/aromatic N) is 4. The van der Waals surface area contributed by atoms with Crippen molar-refractivity contribution in [3.8, 4) is 0 Å². The summed E-state index contributed by atoms with van der Waals surface area (Å²) in [5.41, 5.74) is 0.0630. The summed E-state index contributed by atoms with van der Waals surface area (Å²) in [6, 6.07) is -2.78. The number of amides is 7. The van der Waals surface area contributed by atoms with Gasteiger partial charge in [0.25, 0.3) is 5.91 Å². The number of urea groups is 1. The average Bonchev–Trinajstić information content (AvgIpc) is 0.749. The van der Waals surface area contributed by atoms with E-state index in [1.807, 2.05) is 5.32 Å². The van der Waals surface area contributed by atoms with Crippen LogP contribution in [0.25, 0.3) is 0 Å². The molecule has 554 valence electrons. The van der Waals surface area contributed by atoms with Gasteiger partial charge in [0.2, 0.25) is 23.6 Å². The van der Waals surface area contributed by atoms with E-state index in [9.17, 15) is 103 Å². The summed E-state index contributed by atoms with van der Waals surface area (Å²) in [7, 11) is -2.99. The molecule has 5 atom stereocenters. The maximum atomic E-state index is 17.1. The van der Waals surface area contributed by atoms with Gasteiger partial charge >= 0.3 is 53.8 Å². The highest BCUT2D eigenvalue weighted by molar-refractivity contribution is 8.31. The molecule has 2 rings (SSSR count). The fourth-order valence-corrected chi connectivity index (χ4v) is 14.8. The molecule has 0 aliphatic carbocycles. The molecule has 0 spiro atoms. The number of benzene rings is 1. The van der Waals surface area contributed by atoms with Crippen molar-refractivity contribution >= 4 is 93.7 Å². The van der Waals surface area contributed by atoms with Crippen LogP contribution in [0.5, 0.6) is 0 Å². The molecule has 1 fully saturated rings. The van der Waals surface area contributed by atoms with Crippen molar-refractivity contribution in [2.75, 3.05) is 91.6 Å². The molecule has 1 aromatic carbocycles. The van der Waals surface area contributed by atoms with Gasteiger partial charge in [-0.1, -0.05) is 23.3 Å². The zero-order chi connectivity index (χ0) is 73.9. The standard InChI is InChI=1S/C63H102FN11O22S/c1-62(2,3)98(64,63(4,5)6)42-21-19-41(20-22-42)55(87)67-37-46(68-50(78)25-24-47(60(95)96)75-35-33-73(39-53(83)84)31-29-72(38-52(81)82)30-32-74(34-36-75)40-54(85)86)56(88)69-43(57(89)90)15-11-13-27-65-48(76)17-9-7-8-10-18-49(77)66-28-14-12-16-44(58(91)92)70-61(97)71-45(59(93)94)23-26-51(79)80/h19-22,43-47H,7-18,23-40H2,1-6H3,(H,65,76)(H,66,77)(H,67,87)(H,68,78)(H,69,88)(H,79,80)(H,81,82)(H,83,84)(H,85,86)(H,89,90)(H,91,92)(H,93,94)(H,95,96)(H2,70,71,97)/t43-,44+,45+,46-,47?/m1/s1. The Bertz CT molecular complexity index is 2820. The second kappa shape index (κ2) is 43.2. The minimum Gasteiger partial charge on any atom is -0.481 e.